The fourth-order valence-electron chi connectivity index (χ4n) is 6.92. The predicted octanol–water partition coefficient (Wildman–Crippen LogP) is 14.1. The van der Waals surface area contributed by atoms with Crippen LogP contribution in [0.15, 0.2) is 72.9 Å². The molecule has 0 radical (unpaired) electrons. The van der Waals surface area contributed by atoms with Crippen LogP contribution < -0.4 is 10.2 Å². The van der Waals surface area contributed by atoms with Gasteiger partial charge >= 0.3 is 0 Å². The lowest BCUT2D eigenvalue weighted by atomic mass is 10.0. The number of phosphoric acid groups is 1. The Morgan fingerprint density at radius 3 is 1.50 bits per heavy atom. The number of amides is 1. The molecule has 0 aromatic carbocycles. The first kappa shape index (κ1) is 59.9. The Hall–Kier alpha value is -2.06. The van der Waals surface area contributed by atoms with E-state index in [1.54, 1.807) is 6.08 Å². The summed E-state index contributed by atoms with van der Waals surface area (Å²) < 4.78 is 23.1. The van der Waals surface area contributed by atoms with Gasteiger partial charge in [0.15, 0.2) is 0 Å². The van der Waals surface area contributed by atoms with Crippen molar-refractivity contribution in [1.29, 1.82) is 0 Å². The number of rotatable bonds is 45. The summed E-state index contributed by atoms with van der Waals surface area (Å²) in [6.07, 6.45) is 59.9. The van der Waals surface area contributed by atoms with Crippen molar-refractivity contribution in [1.82, 2.24) is 5.32 Å². The Morgan fingerprint density at radius 1 is 0.581 bits per heavy atom. The molecule has 0 saturated heterocycles. The zero-order valence-electron chi connectivity index (χ0n) is 40.8. The highest BCUT2D eigenvalue weighted by Crippen LogP contribution is 2.38. The summed E-state index contributed by atoms with van der Waals surface area (Å²) in [6, 6.07) is -0.902. The normalized spacial score (nSPS) is 14.8. The highest BCUT2D eigenvalue weighted by atomic mass is 31.2. The van der Waals surface area contributed by atoms with Gasteiger partial charge in [-0.15, -0.1) is 0 Å². The highest BCUT2D eigenvalue weighted by molar-refractivity contribution is 7.45. The minimum absolute atomic E-state index is 0.00811. The second-order valence-electron chi connectivity index (χ2n) is 18.1. The third kappa shape index (κ3) is 45.9. The van der Waals surface area contributed by atoms with Crippen molar-refractivity contribution >= 4 is 13.7 Å². The number of allylic oxidation sites excluding steroid dienone is 11. The van der Waals surface area contributed by atoms with Crippen LogP contribution >= 0.6 is 7.82 Å². The lowest BCUT2D eigenvalue weighted by Gasteiger charge is -2.29. The van der Waals surface area contributed by atoms with Crippen LogP contribution in [0.2, 0.25) is 0 Å². The fraction of sp³-hybridized carbons (Fsp3) is 0.755. The zero-order valence-corrected chi connectivity index (χ0v) is 41.7. The Kier molecular flexibility index (Phi) is 42.7. The van der Waals surface area contributed by atoms with E-state index in [0.717, 1.165) is 64.2 Å². The van der Waals surface area contributed by atoms with Gasteiger partial charge in [0.05, 0.1) is 39.9 Å². The van der Waals surface area contributed by atoms with Crippen LogP contribution in [0, 0.1) is 0 Å². The van der Waals surface area contributed by atoms with E-state index in [2.05, 4.69) is 79.9 Å². The molecule has 0 aromatic heterocycles. The third-order valence-corrected chi connectivity index (χ3v) is 11.9. The molecule has 9 heteroatoms. The van der Waals surface area contributed by atoms with Crippen LogP contribution in [0.4, 0.5) is 0 Å². The molecule has 0 aliphatic rings. The average Bonchev–Trinajstić information content (AvgIpc) is 3.23. The topological polar surface area (TPSA) is 108 Å². The maximum atomic E-state index is 12.9. The molecule has 3 unspecified atom stereocenters. The van der Waals surface area contributed by atoms with Crippen LogP contribution in [-0.4, -0.2) is 68.5 Å². The van der Waals surface area contributed by atoms with Gasteiger partial charge in [0.2, 0.25) is 5.91 Å². The van der Waals surface area contributed by atoms with E-state index in [-0.39, 0.29) is 12.5 Å². The number of hydrogen-bond donors (Lipinski definition) is 2. The minimum atomic E-state index is -4.59. The van der Waals surface area contributed by atoms with Crippen LogP contribution in [-0.2, 0) is 18.4 Å². The smallest absolute Gasteiger partial charge is 0.268 e. The Balaban J connectivity index is 4.01. The van der Waals surface area contributed by atoms with E-state index >= 15 is 0 Å². The van der Waals surface area contributed by atoms with Gasteiger partial charge in [-0.25, -0.2) is 0 Å². The van der Waals surface area contributed by atoms with Crippen molar-refractivity contribution in [2.45, 2.75) is 219 Å². The quantitative estimate of drug-likeness (QED) is 0.0273. The molecule has 3 atom stereocenters. The first-order valence-corrected chi connectivity index (χ1v) is 26.8. The van der Waals surface area contributed by atoms with E-state index in [1.807, 2.05) is 27.2 Å². The molecule has 0 heterocycles. The molecule has 1 amide bonds. The lowest BCUT2D eigenvalue weighted by Crippen LogP contribution is -2.45. The molecule has 0 fully saturated rings. The lowest BCUT2D eigenvalue weighted by molar-refractivity contribution is -0.870. The number of nitrogens with zero attached hydrogens (tertiary/aromatic N) is 1. The summed E-state index contributed by atoms with van der Waals surface area (Å²) in [6.45, 7) is 4.45. The number of phosphoric ester groups is 1. The number of carbonyl (C=O) groups is 1. The summed E-state index contributed by atoms with van der Waals surface area (Å²) in [5.41, 5.74) is 0. The fourth-order valence-corrected chi connectivity index (χ4v) is 7.65. The van der Waals surface area contributed by atoms with Gasteiger partial charge in [0.1, 0.15) is 13.2 Å². The van der Waals surface area contributed by atoms with Gasteiger partial charge in [-0.1, -0.05) is 202 Å². The van der Waals surface area contributed by atoms with Crippen LogP contribution in [0.25, 0.3) is 0 Å². The van der Waals surface area contributed by atoms with Crippen molar-refractivity contribution in [3.63, 3.8) is 0 Å². The number of quaternary nitrogens is 1. The summed E-state index contributed by atoms with van der Waals surface area (Å²) in [7, 11) is 1.24. The minimum Gasteiger partial charge on any atom is -0.756 e. The van der Waals surface area contributed by atoms with Crippen LogP contribution in [0.3, 0.4) is 0 Å². The Labute approximate surface area is 383 Å². The third-order valence-electron chi connectivity index (χ3n) is 10.9. The monoisotopic (exact) mass is 889 g/mol. The molecule has 0 aliphatic heterocycles. The molecule has 2 N–H and O–H groups in total. The SMILES string of the molecule is CC/C=C\C/C=C\C/C=C\C/C=C\CCCCCCCCCCCCCCCCCCCCC(=O)NC(COP(=O)([O-])OCC[N+](C)(C)C)C(O)/C=C/CC/C=C/CCCCC. The summed E-state index contributed by atoms with van der Waals surface area (Å²) in [5.74, 6) is -0.211. The molecule has 62 heavy (non-hydrogen) atoms. The maximum absolute atomic E-state index is 12.9. The van der Waals surface area contributed by atoms with Crippen LogP contribution in [0.1, 0.15) is 206 Å². The molecule has 0 rings (SSSR count). The number of aliphatic hydroxyl groups excluding tert-OH is 1. The number of aliphatic hydroxyl groups is 1. The van der Waals surface area contributed by atoms with E-state index in [4.69, 9.17) is 9.05 Å². The van der Waals surface area contributed by atoms with Gasteiger partial charge in [-0.05, 0) is 70.6 Å². The van der Waals surface area contributed by atoms with Gasteiger partial charge in [-0.3, -0.25) is 9.36 Å². The second kappa shape index (κ2) is 44.2. The number of hydrogen-bond acceptors (Lipinski definition) is 6. The van der Waals surface area contributed by atoms with Crippen molar-refractivity contribution in [2.75, 3.05) is 40.9 Å². The molecule has 8 nitrogen and oxygen atoms in total. The van der Waals surface area contributed by atoms with E-state index in [9.17, 15) is 19.4 Å². The van der Waals surface area contributed by atoms with Crippen molar-refractivity contribution in [3.05, 3.63) is 72.9 Å². The van der Waals surface area contributed by atoms with Crippen molar-refractivity contribution < 1.29 is 32.9 Å². The zero-order chi connectivity index (χ0) is 45.7. The molecular weight excluding hydrogens is 792 g/mol. The Bertz CT molecular complexity index is 1240. The van der Waals surface area contributed by atoms with E-state index in [1.165, 1.54) is 122 Å². The molecular formula is C53H97N2O6P. The van der Waals surface area contributed by atoms with Crippen LogP contribution in [0.5, 0.6) is 0 Å². The summed E-state index contributed by atoms with van der Waals surface area (Å²) in [4.78, 5) is 25.3. The molecule has 0 aliphatic carbocycles. The van der Waals surface area contributed by atoms with Crippen molar-refractivity contribution in [2.24, 2.45) is 0 Å². The maximum Gasteiger partial charge on any atom is 0.268 e. The molecule has 0 aromatic rings. The van der Waals surface area contributed by atoms with Gasteiger partial charge in [-0.2, -0.15) is 0 Å². The number of likely N-dealkylation sites (N-methyl/N-ethyl adjacent to an activating group) is 1. The standard InChI is InChI=1S/C53H97N2O6P/c1-6-8-10-12-14-16-17-18-19-20-21-22-23-24-25-26-27-28-29-30-31-32-33-34-35-36-37-39-41-43-45-47-53(57)54-51(50-61-62(58,59)60-49-48-55(3,4)5)52(56)46-44-42-40-38-15-13-11-9-7-2/h8,10,14-16,18-19,21-22,38,44,46,51-52,56H,6-7,9,11-13,17,20,23-37,39-43,45,47-50H2,1-5H3,(H-,54,57,58,59)/b10-8-,16-14-,19-18-,22-21-,38-15+,46-44+. The summed E-state index contributed by atoms with van der Waals surface area (Å²) >= 11 is 0. The van der Waals surface area contributed by atoms with Gasteiger partial charge in [0, 0.05) is 6.42 Å². The van der Waals surface area contributed by atoms with Crippen molar-refractivity contribution in [3.8, 4) is 0 Å². The largest absolute Gasteiger partial charge is 0.756 e. The molecule has 0 bridgehead atoms. The predicted molar refractivity (Wildman–Crippen MR) is 265 cm³/mol. The Morgan fingerprint density at radius 2 is 1.00 bits per heavy atom. The van der Waals surface area contributed by atoms with Gasteiger partial charge in [0.25, 0.3) is 7.82 Å². The number of unbranched alkanes of at least 4 members (excludes halogenated alkanes) is 22. The molecule has 360 valence electrons. The highest BCUT2D eigenvalue weighted by Gasteiger charge is 2.23. The number of carbonyl (C=O) groups excluding carboxylic acids is 1. The first-order chi connectivity index (χ1) is 30.0. The van der Waals surface area contributed by atoms with E-state index < -0.39 is 26.6 Å². The first-order valence-electron chi connectivity index (χ1n) is 25.3. The molecule has 0 saturated carbocycles. The second-order valence-corrected chi connectivity index (χ2v) is 19.5. The van der Waals surface area contributed by atoms with Gasteiger partial charge < -0.3 is 28.8 Å². The molecule has 0 spiro atoms. The average molecular weight is 889 g/mol. The summed E-state index contributed by atoms with van der Waals surface area (Å²) in [5, 5.41) is 13.7. The van der Waals surface area contributed by atoms with E-state index in [0.29, 0.717) is 17.4 Å². The number of nitrogens with one attached hydrogen (secondary N) is 1.